The van der Waals surface area contributed by atoms with Gasteiger partial charge in [-0.2, -0.15) is 0 Å². The topological polar surface area (TPSA) is 78.9 Å². The van der Waals surface area contributed by atoms with Crippen LogP contribution in [0.25, 0.3) is 0 Å². The maximum Gasteiger partial charge on any atom is 0.306 e. The molecule has 0 aliphatic heterocycles. The number of rotatable bonds is 41. The lowest BCUT2D eigenvalue weighted by molar-refractivity contribution is -0.167. The average Bonchev–Trinajstić information content (AvgIpc) is 3.29. The number of carbonyl (C=O) groups is 3. The maximum absolute atomic E-state index is 12.8. The molecule has 6 nitrogen and oxygen atoms in total. The summed E-state index contributed by atoms with van der Waals surface area (Å²) in [4.78, 5) is 37.9. The Kier molecular flexibility index (Phi) is 46.7. The van der Waals surface area contributed by atoms with E-state index in [1.807, 2.05) is 0 Å². The number of hydrogen-bond donors (Lipinski definition) is 0. The van der Waals surface area contributed by atoms with Gasteiger partial charge in [0, 0.05) is 19.3 Å². The molecule has 0 saturated carbocycles. The van der Waals surface area contributed by atoms with Crippen molar-refractivity contribution in [3.63, 3.8) is 0 Å². The van der Waals surface area contributed by atoms with Gasteiger partial charge in [-0.3, -0.25) is 14.4 Å². The summed E-state index contributed by atoms with van der Waals surface area (Å²) in [5.41, 5.74) is 0. The van der Waals surface area contributed by atoms with Crippen LogP contribution in [0.3, 0.4) is 0 Å². The van der Waals surface area contributed by atoms with Crippen molar-refractivity contribution in [1.29, 1.82) is 0 Å². The predicted octanol–water partition coefficient (Wildman–Crippen LogP) is 16.2. The summed E-state index contributed by atoms with van der Waals surface area (Å²) in [5, 5.41) is 0. The molecule has 6 heteroatoms. The highest BCUT2D eigenvalue weighted by Gasteiger charge is 2.19. The van der Waals surface area contributed by atoms with Crippen molar-refractivity contribution in [2.75, 3.05) is 13.2 Å². The molecule has 0 amide bonds. The zero-order chi connectivity index (χ0) is 46.5. The van der Waals surface area contributed by atoms with Crippen molar-refractivity contribution in [2.24, 2.45) is 0 Å². The first-order chi connectivity index (χ1) is 31.5. The lowest BCUT2D eigenvalue weighted by Gasteiger charge is -2.18. The lowest BCUT2D eigenvalue weighted by atomic mass is 10.2. The molecule has 1 unspecified atom stereocenters. The molecule has 0 aromatic carbocycles. The molecule has 0 heterocycles. The fourth-order valence-corrected chi connectivity index (χ4v) is 5.70. The summed E-state index contributed by atoms with van der Waals surface area (Å²) in [6, 6.07) is 0. The fourth-order valence-electron chi connectivity index (χ4n) is 5.70. The van der Waals surface area contributed by atoms with E-state index in [4.69, 9.17) is 14.2 Å². The molecule has 1 atom stereocenters. The molecule has 0 aliphatic carbocycles. The molecule has 0 fully saturated rings. The standard InChI is InChI=1S/C58H86O6/c1-4-7-10-13-16-19-22-25-27-29-31-33-36-39-42-45-48-51-57(60)63-54-55(53-62-56(59)50-47-44-41-38-35-24-21-18-15-12-9-6-3)64-58(61)52-49-46-43-40-37-34-32-30-28-26-23-20-17-14-11-8-5-2/h7-12,16-21,25-28,31-35,38-40,42-43,55H,4-6,13-15,22-24,29-30,36-37,41,44-54H2,1-3H3/b10-7-,11-8-,12-9-,19-16-,20-17-,21-18-,27-25-,28-26-,33-31-,34-32-,38-35-,42-39-,43-40-. The van der Waals surface area contributed by atoms with Gasteiger partial charge in [-0.05, 0) is 128 Å². The van der Waals surface area contributed by atoms with Gasteiger partial charge in [0.2, 0.25) is 0 Å². The van der Waals surface area contributed by atoms with E-state index in [1.54, 1.807) is 0 Å². The number of allylic oxidation sites excluding steroid dienone is 26. The molecule has 354 valence electrons. The second-order valence-corrected chi connectivity index (χ2v) is 15.2. The Hall–Kier alpha value is -4.97. The van der Waals surface area contributed by atoms with Gasteiger partial charge < -0.3 is 14.2 Å². The SMILES string of the molecule is CC/C=C\C/C=C\C/C=C\C/C=C\C/C=C\CCCC(=O)OCC(COC(=O)CCCC/C=C\C/C=C\C/C=C\CC)OC(=O)CCC/C=C\C/C=C\C/C=C\C/C=C\C/C=C\CC. The Morgan fingerprint density at radius 1 is 0.312 bits per heavy atom. The molecular formula is C58H86O6. The summed E-state index contributed by atoms with van der Waals surface area (Å²) in [6.45, 7) is 6.12. The Bertz CT molecular complexity index is 1520. The summed E-state index contributed by atoms with van der Waals surface area (Å²) < 4.78 is 16.6. The van der Waals surface area contributed by atoms with E-state index in [0.29, 0.717) is 19.3 Å². The van der Waals surface area contributed by atoms with E-state index < -0.39 is 12.1 Å². The number of unbranched alkanes of at least 4 members (excludes halogenated alkanes) is 4. The van der Waals surface area contributed by atoms with E-state index in [2.05, 4.69) is 179 Å². The molecule has 0 aromatic heterocycles. The van der Waals surface area contributed by atoms with Crippen LogP contribution in [-0.2, 0) is 28.6 Å². The van der Waals surface area contributed by atoms with Crippen LogP contribution in [0.2, 0.25) is 0 Å². The minimum atomic E-state index is -0.853. The molecule has 0 aromatic rings. The lowest BCUT2D eigenvalue weighted by Crippen LogP contribution is -2.30. The Morgan fingerprint density at radius 2 is 0.562 bits per heavy atom. The van der Waals surface area contributed by atoms with Crippen LogP contribution in [0.5, 0.6) is 0 Å². The van der Waals surface area contributed by atoms with Gasteiger partial charge in [0.05, 0.1) is 0 Å². The molecule has 0 bridgehead atoms. The van der Waals surface area contributed by atoms with Gasteiger partial charge in [-0.1, -0.05) is 179 Å². The van der Waals surface area contributed by atoms with E-state index in [0.717, 1.165) is 109 Å². The fraction of sp³-hybridized carbons (Fsp3) is 0.500. The van der Waals surface area contributed by atoms with Gasteiger partial charge in [0.15, 0.2) is 6.10 Å². The van der Waals surface area contributed by atoms with Gasteiger partial charge in [-0.25, -0.2) is 0 Å². The number of hydrogen-bond acceptors (Lipinski definition) is 6. The molecule has 0 rings (SSSR count). The highest BCUT2D eigenvalue weighted by Crippen LogP contribution is 2.09. The second kappa shape index (κ2) is 50.7. The van der Waals surface area contributed by atoms with Crippen LogP contribution < -0.4 is 0 Å². The van der Waals surface area contributed by atoms with Gasteiger partial charge in [0.1, 0.15) is 13.2 Å². The summed E-state index contributed by atoms with van der Waals surface area (Å²) in [5.74, 6) is -1.12. The number of esters is 3. The smallest absolute Gasteiger partial charge is 0.306 e. The Balaban J connectivity index is 4.66. The zero-order valence-electron chi connectivity index (χ0n) is 40.2. The van der Waals surface area contributed by atoms with Crippen molar-refractivity contribution >= 4 is 17.9 Å². The van der Waals surface area contributed by atoms with Crippen LogP contribution >= 0.6 is 0 Å². The molecule has 64 heavy (non-hydrogen) atoms. The minimum Gasteiger partial charge on any atom is -0.462 e. The molecular weight excluding hydrogens is 793 g/mol. The van der Waals surface area contributed by atoms with Gasteiger partial charge in [-0.15, -0.1) is 0 Å². The van der Waals surface area contributed by atoms with E-state index >= 15 is 0 Å². The molecule has 0 radical (unpaired) electrons. The number of carbonyl (C=O) groups excluding carboxylic acids is 3. The first-order valence-corrected chi connectivity index (χ1v) is 24.5. The second-order valence-electron chi connectivity index (χ2n) is 15.2. The van der Waals surface area contributed by atoms with Crippen molar-refractivity contribution in [1.82, 2.24) is 0 Å². The average molecular weight is 879 g/mol. The molecule has 0 saturated heterocycles. The third-order valence-corrected chi connectivity index (χ3v) is 9.26. The highest BCUT2D eigenvalue weighted by molar-refractivity contribution is 5.71. The zero-order valence-corrected chi connectivity index (χ0v) is 40.2. The van der Waals surface area contributed by atoms with Crippen molar-refractivity contribution in [2.45, 2.75) is 175 Å². The van der Waals surface area contributed by atoms with Crippen LogP contribution in [0.1, 0.15) is 168 Å². The normalized spacial score (nSPS) is 13.5. The quantitative estimate of drug-likeness (QED) is 0.0263. The largest absolute Gasteiger partial charge is 0.462 e. The first-order valence-electron chi connectivity index (χ1n) is 24.5. The summed E-state index contributed by atoms with van der Waals surface area (Å²) >= 11 is 0. The van der Waals surface area contributed by atoms with E-state index in [1.165, 1.54) is 0 Å². The van der Waals surface area contributed by atoms with Crippen LogP contribution in [0, 0.1) is 0 Å². The summed E-state index contributed by atoms with van der Waals surface area (Å²) in [6.07, 6.45) is 73.8. The first kappa shape index (κ1) is 59.0. The predicted molar refractivity (Wildman–Crippen MR) is 274 cm³/mol. The van der Waals surface area contributed by atoms with Crippen LogP contribution in [0.15, 0.2) is 158 Å². The molecule has 0 aliphatic rings. The van der Waals surface area contributed by atoms with E-state index in [9.17, 15) is 14.4 Å². The molecule has 0 N–H and O–H groups in total. The van der Waals surface area contributed by atoms with E-state index in [-0.39, 0.29) is 44.4 Å². The third-order valence-electron chi connectivity index (χ3n) is 9.26. The Morgan fingerprint density at radius 3 is 0.875 bits per heavy atom. The van der Waals surface area contributed by atoms with Crippen molar-refractivity contribution in [3.8, 4) is 0 Å². The van der Waals surface area contributed by atoms with Gasteiger partial charge in [0.25, 0.3) is 0 Å². The summed E-state index contributed by atoms with van der Waals surface area (Å²) in [7, 11) is 0. The minimum absolute atomic E-state index is 0.146. The number of ether oxygens (including phenoxy) is 3. The van der Waals surface area contributed by atoms with Gasteiger partial charge >= 0.3 is 17.9 Å². The maximum atomic E-state index is 12.8. The van der Waals surface area contributed by atoms with Crippen LogP contribution in [0.4, 0.5) is 0 Å². The molecule has 0 spiro atoms. The van der Waals surface area contributed by atoms with Crippen LogP contribution in [-0.4, -0.2) is 37.2 Å². The van der Waals surface area contributed by atoms with Crippen molar-refractivity contribution < 1.29 is 28.6 Å². The van der Waals surface area contributed by atoms with Crippen molar-refractivity contribution in [3.05, 3.63) is 158 Å². The Labute approximate surface area is 390 Å². The monoisotopic (exact) mass is 879 g/mol. The highest BCUT2D eigenvalue weighted by atomic mass is 16.6. The third kappa shape index (κ3) is 48.1.